The number of hydrogen-bond acceptors (Lipinski definition) is 4. The molecule has 0 aromatic heterocycles. The molecule has 4 rings (SSSR count). The van der Waals surface area contributed by atoms with Crippen LogP contribution in [0.2, 0.25) is 0 Å². The van der Waals surface area contributed by atoms with Crippen molar-refractivity contribution in [3.8, 4) is 11.8 Å². The van der Waals surface area contributed by atoms with E-state index in [9.17, 15) is 14.4 Å². The number of rotatable bonds is 5. The molecule has 1 saturated heterocycles. The van der Waals surface area contributed by atoms with Gasteiger partial charge in [-0.3, -0.25) is 4.79 Å². The molecule has 0 radical (unpaired) electrons. The van der Waals surface area contributed by atoms with E-state index >= 15 is 0 Å². The van der Waals surface area contributed by atoms with Crippen molar-refractivity contribution in [2.24, 2.45) is 16.7 Å². The molecule has 3 aliphatic rings. The molecule has 1 N–H and O–H groups in total. The Labute approximate surface area is 178 Å². The van der Waals surface area contributed by atoms with Crippen LogP contribution in [0.4, 0.5) is 10.1 Å². The number of methoxy groups -OCH3 is 1. The van der Waals surface area contributed by atoms with Crippen molar-refractivity contribution in [1.82, 2.24) is 4.90 Å². The summed E-state index contributed by atoms with van der Waals surface area (Å²) in [7, 11) is 1.48. The number of anilines is 1. The second-order valence-electron chi connectivity index (χ2n) is 9.74. The van der Waals surface area contributed by atoms with E-state index in [1.807, 2.05) is 0 Å². The summed E-state index contributed by atoms with van der Waals surface area (Å²) in [5, 5.41) is 12.6. The molecule has 0 bridgehead atoms. The Morgan fingerprint density at radius 3 is 2.53 bits per heavy atom. The summed E-state index contributed by atoms with van der Waals surface area (Å²) >= 11 is 0. The average Bonchev–Trinajstić information content (AvgIpc) is 2.73. The lowest BCUT2D eigenvalue weighted by Gasteiger charge is -2.55. The molecule has 2 aliphatic carbocycles. The molecule has 1 aromatic carbocycles. The summed E-state index contributed by atoms with van der Waals surface area (Å²) < 4.78 is 18.7. The third-order valence-corrected chi connectivity index (χ3v) is 7.48. The van der Waals surface area contributed by atoms with Gasteiger partial charge in [-0.2, -0.15) is 5.26 Å². The van der Waals surface area contributed by atoms with Gasteiger partial charge in [0.2, 0.25) is 5.91 Å². The molecule has 1 aliphatic heterocycles. The van der Waals surface area contributed by atoms with Gasteiger partial charge in [0.1, 0.15) is 11.6 Å². The second-order valence-corrected chi connectivity index (χ2v) is 9.74. The van der Waals surface area contributed by atoms with Crippen LogP contribution in [0.1, 0.15) is 57.8 Å². The monoisotopic (exact) mass is 413 g/mol. The van der Waals surface area contributed by atoms with Crippen LogP contribution in [-0.4, -0.2) is 37.6 Å². The molecule has 162 valence electrons. The zero-order valence-corrected chi connectivity index (χ0v) is 17.9. The van der Waals surface area contributed by atoms with Crippen molar-refractivity contribution >= 4 is 11.6 Å². The zero-order valence-electron chi connectivity index (χ0n) is 17.9. The van der Waals surface area contributed by atoms with E-state index in [1.54, 1.807) is 6.07 Å². The van der Waals surface area contributed by atoms with Gasteiger partial charge >= 0.3 is 0 Å². The van der Waals surface area contributed by atoms with Crippen LogP contribution >= 0.6 is 0 Å². The van der Waals surface area contributed by atoms with Crippen molar-refractivity contribution in [2.75, 3.05) is 32.1 Å². The molecule has 1 amide bonds. The van der Waals surface area contributed by atoms with Crippen LogP contribution in [0.5, 0.6) is 5.75 Å². The molecule has 6 heteroatoms. The largest absolute Gasteiger partial charge is 0.497 e. The number of halogens is 1. The molecule has 30 heavy (non-hydrogen) atoms. The summed E-state index contributed by atoms with van der Waals surface area (Å²) in [5.74, 6) is -0.0764. The lowest BCUT2D eigenvalue weighted by atomic mass is 9.64. The molecular formula is C24H32FN3O2. The highest BCUT2D eigenvalue weighted by atomic mass is 19.1. The van der Waals surface area contributed by atoms with E-state index < -0.39 is 5.82 Å². The van der Waals surface area contributed by atoms with Gasteiger partial charge in [0.25, 0.3) is 0 Å². The van der Waals surface area contributed by atoms with Crippen LogP contribution in [-0.2, 0) is 4.79 Å². The highest BCUT2D eigenvalue weighted by Crippen LogP contribution is 2.48. The molecular weight excluding hydrogens is 381 g/mol. The Kier molecular flexibility index (Phi) is 6.02. The number of carbonyl (C=O) groups is 1. The first-order valence-electron chi connectivity index (χ1n) is 11.2. The van der Waals surface area contributed by atoms with E-state index in [-0.39, 0.29) is 17.2 Å². The summed E-state index contributed by atoms with van der Waals surface area (Å²) in [6.45, 7) is 3.04. The van der Waals surface area contributed by atoms with E-state index in [2.05, 4.69) is 16.3 Å². The minimum Gasteiger partial charge on any atom is -0.497 e. The Balaban J connectivity index is 1.26. The third-order valence-electron chi connectivity index (χ3n) is 7.48. The fraction of sp³-hybridized carbons (Fsp3) is 0.667. The average molecular weight is 414 g/mol. The summed E-state index contributed by atoms with van der Waals surface area (Å²) in [6, 6.07) is 6.90. The molecule has 0 unspecified atom stereocenters. The van der Waals surface area contributed by atoms with Gasteiger partial charge in [0.05, 0.1) is 18.6 Å². The second kappa shape index (κ2) is 8.55. The number of likely N-dealkylation sites (tertiary alicyclic amines) is 1. The van der Waals surface area contributed by atoms with Crippen molar-refractivity contribution < 1.29 is 13.9 Å². The van der Waals surface area contributed by atoms with Crippen molar-refractivity contribution in [2.45, 2.75) is 57.8 Å². The number of benzene rings is 1. The Morgan fingerprint density at radius 2 is 1.90 bits per heavy atom. The van der Waals surface area contributed by atoms with E-state index in [0.29, 0.717) is 16.9 Å². The first-order chi connectivity index (χ1) is 14.4. The minimum absolute atomic E-state index is 0.0252. The van der Waals surface area contributed by atoms with Gasteiger partial charge in [0, 0.05) is 43.4 Å². The third kappa shape index (κ3) is 4.46. The first kappa shape index (κ1) is 21.1. The fourth-order valence-electron chi connectivity index (χ4n) is 5.78. The van der Waals surface area contributed by atoms with E-state index in [4.69, 9.17) is 4.74 Å². The predicted octanol–water partition coefficient (Wildman–Crippen LogP) is 4.74. The van der Waals surface area contributed by atoms with Crippen molar-refractivity contribution in [3.05, 3.63) is 24.0 Å². The number of ether oxygens (including phenoxy) is 1. The molecule has 1 heterocycles. The molecule has 0 atom stereocenters. The predicted molar refractivity (Wildman–Crippen MR) is 114 cm³/mol. The lowest BCUT2D eigenvalue weighted by molar-refractivity contribution is -0.123. The molecule has 1 spiro atoms. The van der Waals surface area contributed by atoms with Gasteiger partial charge in [-0.05, 0) is 50.0 Å². The maximum atomic E-state index is 13.7. The quantitative estimate of drug-likeness (QED) is 0.757. The minimum atomic E-state index is -0.421. The maximum absolute atomic E-state index is 13.7. The normalized spacial score (nSPS) is 23.4. The van der Waals surface area contributed by atoms with Crippen LogP contribution in [0.3, 0.4) is 0 Å². The van der Waals surface area contributed by atoms with Crippen LogP contribution in [0.15, 0.2) is 18.2 Å². The van der Waals surface area contributed by atoms with E-state index in [1.165, 1.54) is 38.5 Å². The summed E-state index contributed by atoms with van der Waals surface area (Å²) in [6.07, 6.45) is 9.55. The van der Waals surface area contributed by atoms with Gasteiger partial charge in [-0.25, -0.2) is 4.39 Å². The van der Waals surface area contributed by atoms with Crippen LogP contribution < -0.4 is 10.1 Å². The lowest BCUT2D eigenvalue weighted by Crippen LogP contribution is -2.60. The summed E-state index contributed by atoms with van der Waals surface area (Å²) in [4.78, 5) is 15.1. The molecule has 5 nitrogen and oxygen atoms in total. The number of hydrogen-bond donors (Lipinski definition) is 1. The number of nitriles is 1. The topological polar surface area (TPSA) is 65.4 Å². The SMILES string of the molecule is COc1cc(F)cc(NC(=O)C2CCC3(CC2)CN(CC2(C#N)CCCCC2)C3)c1. The number of nitrogens with one attached hydrogen (secondary N) is 1. The van der Waals surface area contributed by atoms with Gasteiger partial charge in [-0.1, -0.05) is 19.3 Å². The first-order valence-corrected chi connectivity index (χ1v) is 11.2. The highest BCUT2D eigenvalue weighted by Gasteiger charge is 2.48. The van der Waals surface area contributed by atoms with Gasteiger partial charge in [0.15, 0.2) is 0 Å². The molecule has 2 saturated carbocycles. The van der Waals surface area contributed by atoms with Crippen molar-refractivity contribution in [1.29, 1.82) is 5.26 Å². The number of amides is 1. The Hall–Kier alpha value is -2.13. The standard InChI is InChI=1S/C24H32FN3O2/c1-30-21-12-19(25)11-20(13-21)27-22(29)18-5-9-24(10-6-18)16-28(17-24)15-23(14-26)7-3-2-4-8-23/h11-13,18H,2-10,15-17H2,1H3,(H,27,29). The fourth-order valence-corrected chi connectivity index (χ4v) is 5.78. The van der Waals surface area contributed by atoms with Gasteiger partial charge < -0.3 is 15.0 Å². The van der Waals surface area contributed by atoms with Gasteiger partial charge in [-0.15, -0.1) is 0 Å². The van der Waals surface area contributed by atoms with Crippen LogP contribution in [0.25, 0.3) is 0 Å². The zero-order chi connectivity index (χ0) is 21.2. The Bertz CT molecular complexity index is 812. The number of carbonyl (C=O) groups excluding carboxylic acids is 1. The molecule has 3 fully saturated rings. The van der Waals surface area contributed by atoms with Crippen LogP contribution in [0, 0.1) is 33.9 Å². The maximum Gasteiger partial charge on any atom is 0.227 e. The van der Waals surface area contributed by atoms with Crippen molar-refractivity contribution in [3.63, 3.8) is 0 Å². The Morgan fingerprint density at radius 1 is 1.20 bits per heavy atom. The number of nitrogens with zero attached hydrogens (tertiary/aromatic N) is 2. The summed E-state index contributed by atoms with van der Waals surface area (Å²) in [5.41, 5.74) is 0.633. The highest BCUT2D eigenvalue weighted by molar-refractivity contribution is 5.92. The molecule has 1 aromatic rings. The smallest absolute Gasteiger partial charge is 0.227 e. The van der Waals surface area contributed by atoms with E-state index in [0.717, 1.165) is 58.2 Å².